The maximum atomic E-state index is 5.98. The van der Waals surface area contributed by atoms with Gasteiger partial charge in [0, 0.05) is 37.0 Å². The van der Waals surface area contributed by atoms with Gasteiger partial charge in [-0.3, -0.25) is 4.99 Å². The van der Waals surface area contributed by atoms with Gasteiger partial charge in [0.2, 0.25) is 0 Å². The summed E-state index contributed by atoms with van der Waals surface area (Å²) in [5, 5.41) is 7.89. The fourth-order valence-corrected chi connectivity index (χ4v) is 3.72. The monoisotopic (exact) mass is 372 g/mol. The molecule has 3 rings (SSSR count). The molecule has 0 saturated heterocycles. The molecule has 1 aliphatic rings. The van der Waals surface area contributed by atoms with Gasteiger partial charge in [-0.05, 0) is 38.7 Å². The number of nitrogens with zero attached hydrogens (tertiary/aromatic N) is 2. The van der Waals surface area contributed by atoms with Crippen LogP contribution in [-0.4, -0.2) is 31.1 Å². The largest absolute Gasteiger partial charge is 0.493 e. The number of hydrogen-bond acceptors (Lipinski definition) is 4. The lowest BCUT2D eigenvalue weighted by atomic mass is 10.2. The Balaban J connectivity index is 1.47. The lowest BCUT2D eigenvalue weighted by molar-refractivity contribution is 0.296. The van der Waals surface area contributed by atoms with Crippen molar-refractivity contribution in [2.24, 2.45) is 10.9 Å². The summed E-state index contributed by atoms with van der Waals surface area (Å²) in [4.78, 5) is 10.1. The third kappa shape index (κ3) is 5.46. The predicted molar refractivity (Wildman–Crippen MR) is 108 cm³/mol. The molecule has 0 unspecified atom stereocenters. The van der Waals surface area contributed by atoms with E-state index < -0.39 is 0 Å². The number of aryl methyl sites for hydroxylation is 2. The average Bonchev–Trinajstić information content (AvgIpc) is 3.41. The molecule has 0 bridgehead atoms. The zero-order valence-corrected chi connectivity index (χ0v) is 16.7. The zero-order chi connectivity index (χ0) is 18.4. The highest BCUT2D eigenvalue weighted by atomic mass is 32.1. The first-order valence-electron chi connectivity index (χ1n) is 9.24. The molecule has 6 heteroatoms. The third-order valence-corrected chi connectivity index (χ3v) is 5.59. The second-order valence-corrected chi connectivity index (χ2v) is 7.99. The van der Waals surface area contributed by atoms with Gasteiger partial charge < -0.3 is 15.4 Å². The molecule has 26 heavy (non-hydrogen) atoms. The molecule has 1 saturated carbocycles. The highest BCUT2D eigenvalue weighted by Gasteiger charge is 2.22. The van der Waals surface area contributed by atoms with Gasteiger partial charge >= 0.3 is 0 Å². The summed E-state index contributed by atoms with van der Waals surface area (Å²) in [7, 11) is 1.80. The topological polar surface area (TPSA) is 58.5 Å². The molecule has 0 atom stereocenters. The van der Waals surface area contributed by atoms with Crippen molar-refractivity contribution in [1.29, 1.82) is 0 Å². The van der Waals surface area contributed by atoms with Gasteiger partial charge in [0.1, 0.15) is 5.75 Å². The molecule has 1 aromatic heterocycles. The molecule has 1 heterocycles. The minimum atomic E-state index is 0.694. The predicted octanol–water partition coefficient (Wildman–Crippen LogP) is 3.46. The number of aliphatic imine (C=N–C) groups is 1. The van der Waals surface area contributed by atoms with Crippen LogP contribution in [-0.2, 0) is 13.0 Å². The number of thiazole rings is 1. The van der Waals surface area contributed by atoms with E-state index in [4.69, 9.17) is 4.74 Å². The standard InChI is InChI=1S/C20H28N4OS/c1-14-19(26-15(2)24-14)10-11-22-20(21-3)23-12-17-6-4-5-7-18(17)25-13-16-8-9-16/h4-7,16H,8-13H2,1-3H3,(H2,21,22,23). The third-order valence-electron chi connectivity index (χ3n) is 4.46. The SMILES string of the molecule is CN=C(NCCc1sc(C)nc1C)NCc1ccccc1OCC1CC1. The van der Waals surface area contributed by atoms with E-state index >= 15 is 0 Å². The fraction of sp³-hybridized carbons (Fsp3) is 0.500. The first-order chi connectivity index (χ1) is 12.7. The van der Waals surface area contributed by atoms with Crippen molar-refractivity contribution in [3.63, 3.8) is 0 Å². The summed E-state index contributed by atoms with van der Waals surface area (Å²) < 4.78 is 5.98. The average molecular weight is 373 g/mol. The van der Waals surface area contributed by atoms with Gasteiger partial charge in [-0.2, -0.15) is 0 Å². The molecule has 140 valence electrons. The summed E-state index contributed by atoms with van der Waals surface area (Å²) in [6.45, 7) is 6.49. The number of guanidine groups is 1. The molecule has 2 aromatic rings. The number of para-hydroxylation sites is 1. The minimum absolute atomic E-state index is 0.694. The van der Waals surface area contributed by atoms with Crippen LogP contribution in [0.1, 0.15) is 34.0 Å². The molecule has 0 amide bonds. The van der Waals surface area contributed by atoms with Crippen LogP contribution in [0.3, 0.4) is 0 Å². The summed E-state index contributed by atoms with van der Waals surface area (Å²) in [5.41, 5.74) is 2.30. The minimum Gasteiger partial charge on any atom is -0.493 e. The van der Waals surface area contributed by atoms with E-state index in [1.54, 1.807) is 18.4 Å². The van der Waals surface area contributed by atoms with Gasteiger partial charge in [0.15, 0.2) is 5.96 Å². The summed E-state index contributed by atoms with van der Waals surface area (Å²) in [5.74, 6) is 2.53. The van der Waals surface area contributed by atoms with Gasteiger partial charge in [-0.15, -0.1) is 11.3 Å². The lowest BCUT2D eigenvalue weighted by Gasteiger charge is -2.14. The second kappa shape index (κ2) is 9.03. The Morgan fingerprint density at radius 2 is 2.08 bits per heavy atom. The van der Waals surface area contributed by atoms with Crippen LogP contribution in [0.25, 0.3) is 0 Å². The molecule has 1 fully saturated rings. The van der Waals surface area contributed by atoms with Crippen molar-refractivity contribution in [3.8, 4) is 5.75 Å². The molecule has 0 aliphatic heterocycles. The van der Waals surface area contributed by atoms with Crippen LogP contribution >= 0.6 is 11.3 Å². The van der Waals surface area contributed by atoms with Gasteiger partial charge in [0.05, 0.1) is 17.3 Å². The summed E-state index contributed by atoms with van der Waals surface area (Å²) >= 11 is 1.77. The van der Waals surface area contributed by atoms with Crippen molar-refractivity contribution < 1.29 is 4.74 Å². The molecule has 0 spiro atoms. The molecular weight excluding hydrogens is 344 g/mol. The normalized spacial score (nSPS) is 14.3. The smallest absolute Gasteiger partial charge is 0.191 e. The Morgan fingerprint density at radius 1 is 1.27 bits per heavy atom. The van der Waals surface area contributed by atoms with Crippen LogP contribution in [0.5, 0.6) is 5.75 Å². The maximum absolute atomic E-state index is 5.98. The van der Waals surface area contributed by atoms with Gasteiger partial charge in [-0.25, -0.2) is 4.98 Å². The first kappa shape index (κ1) is 18.7. The van der Waals surface area contributed by atoms with E-state index in [0.29, 0.717) is 6.54 Å². The summed E-state index contributed by atoms with van der Waals surface area (Å²) in [6, 6.07) is 8.22. The van der Waals surface area contributed by atoms with E-state index in [1.807, 2.05) is 18.2 Å². The number of rotatable bonds is 8. The highest BCUT2D eigenvalue weighted by molar-refractivity contribution is 7.11. The number of ether oxygens (including phenoxy) is 1. The molecular formula is C20H28N4OS. The number of benzene rings is 1. The van der Waals surface area contributed by atoms with E-state index in [0.717, 1.165) is 53.5 Å². The molecule has 2 N–H and O–H groups in total. The van der Waals surface area contributed by atoms with Crippen LogP contribution in [0.2, 0.25) is 0 Å². The summed E-state index contributed by atoms with van der Waals surface area (Å²) in [6.07, 6.45) is 3.56. The van der Waals surface area contributed by atoms with E-state index in [1.165, 1.54) is 17.7 Å². The molecule has 5 nitrogen and oxygen atoms in total. The molecule has 0 radical (unpaired) electrons. The maximum Gasteiger partial charge on any atom is 0.191 e. The molecule has 1 aliphatic carbocycles. The second-order valence-electron chi connectivity index (χ2n) is 6.71. The number of hydrogen-bond donors (Lipinski definition) is 2. The molecule has 1 aromatic carbocycles. The number of aromatic nitrogens is 1. The zero-order valence-electron chi connectivity index (χ0n) is 15.8. The quantitative estimate of drug-likeness (QED) is 0.550. The Bertz CT molecular complexity index is 752. The van der Waals surface area contributed by atoms with Gasteiger partial charge in [-0.1, -0.05) is 18.2 Å². The van der Waals surface area contributed by atoms with Crippen molar-refractivity contribution in [3.05, 3.63) is 45.4 Å². The van der Waals surface area contributed by atoms with E-state index in [9.17, 15) is 0 Å². The Kier molecular flexibility index (Phi) is 6.50. The lowest BCUT2D eigenvalue weighted by Crippen LogP contribution is -2.37. The van der Waals surface area contributed by atoms with Gasteiger partial charge in [0.25, 0.3) is 0 Å². The van der Waals surface area contributed by atoms with Crippen molar-refractivity contribution >= 4 is 17.3 Å². The van der Waals surface area contributed by atoms with E-state index in [2.05, 4.69) is 40.5 Å². The van der Waals surface area contributed by atoms with Crippen LogP contribution in [0.15, 0.2) is 29.3 Å². The van der Waals surface area contributed by atoms with Crippen molar-refractivity contribution in [2.45, 2.75) is 39.7 Å². The Morgan fingerprint density at radius 3 is 2.77 bits per heavy atom. The Labute approximate surface area is 159 Å². The van der Waals surface area contributed by atoms with Crippen LogP contribution in [0.4, 0.5) is 0 Å². The fourth-order valence-electron chi connectivity index (χ4n) is 2.78. The first-order valence-corrected chi connectivity index (χ1v) is 10.1. The Hall–Kier alpha value is -2.08. The van der Waals surface area contributed by atoms with Crippen molar-refractivity contribution in [2.75, 3.05) is 20.2 Å². The van der Waals surface area contributed by atoms with Crippen molar-refractivity contribution in [1.82, 2.24) is 15.6 Å². The number of nitrogens with one attached hydrogen (secondary N) is 2. The van der Waals surface area contributed by atoms with E-state index in [-0.39, 0.29) is 0 Å². The van der Waals surface area contributed by atoms with Crippen LogP contribution in [0, 0.1) is 19.8 Å². The van der Waals surface area contributed by atoms with Crippen LogP contribution < -0.4 is 15.4 Å². The highest BCUT2D eigenvalue weighted by Crippen LogP contribution is 2.30.